The minimum Gasteiger partial charge on any atom is -0.462 e. The van der Waals surface area contributed by atoms with Crippen LogP contribution in [-0.2, 0) is 19.0 Å². The maximum absolute atomic E-state index is 12.8. The zero-order chi connectivity index (χ0) is 21.2. The van der Waals surface area contributed by atoms with Gasteiger partial charge in [-0.2, -0.15) is 0 Å². The summed E-state index contributed by atoms with van der Waals surface area (Å²) in [6.45, 7) is 9.84. The molecule has 1 fully saturated rings. The number of hydrogen-bond donors (Lipinski definition) is 0. The molecule has 1 saturated heterocycles. The molecule has 29 heavy (non-hydrogen) atoms. The Kier molecular flexibility index (Phi) is 6.39. The normalized spacial score (nSPS) is 32.3. The largest absolute Gasteiger partial charge is 0.462 e. The van der Waals surface area contributed by atoms with Gasteiger partial charge in [-0.25, -0.2) is 4.79 Å². The van der Waals surface area contributed by atoms with Crippen molar-refractivity contribution in [2.24, 2.45) is 11.8 Å². The summed E-state index contributed by atoms with van der Waals surface area (Å²) in [7, 11) is 0. The van der Waals surface area contributed by atoms with Crippen LogP contribution in [0.15, 0.2) is 36.4 Å². The minimum absolute atomic E-state index is 0.0696. The van der Waals surface area contributed by atoms with E-state index in [1.165, 1.54) is 0 Å². The van der Waals surface area contributed by atoms with Crippen LogP contribution in [0, 0.1) is 18.8 Å². The molecule has 5 heteroatoms. The first-order chi connectivity index (χ1) is 13.7. The Morgan fingerprint density at radius 2 is 1.83 bits per heavy atom. The van der Waals surface area contributed by atoms with E-state index in [9.17, 15) is 9.59 Å². The lowest BCUT2D eigenvalue weighted by atomic mass is 9.95. The third-order valence-electron chi connectivity index (χ3n) is 5.58. The monoisotopic (exact) mass is 398 g/mol. The maximum atomic E-state index is 12.8. The number of carbonyl (C=O) groups is 2. The Hall–Kier alpha value is -2.24. The predicted octanol–water partition coefficient (Wildman–Crippen LogP) is 4.49. The highest BCUT2D eigenvalue weighted by Crippen LogP contribution is 2.31. The number of allylic oxidation sites excluding steroid dienone is 1. The standard InChI is InChI=1S/C24H30O5/c1-15-12-13-19(25)22-20(28-24(4,5)29-22)11-7-10-18-9-6-8-16(2)21(18)23(26)27-14-17(15)3/h6-10,12-13,15,17,20,22H,11,14H2,1-5H3/b10-7+,13-12-/t15-,17+,20+,22-/m1/s1. The second kappa shape index (κ2) is 8.64. The van der Waals surface area contributed by atoms with Crippen molar-refractivity contribution in [2.45, 2.75) is 59.0 Å². The fraction of sp³-hybridized carbons (Fsp3) is 0.500. The molecule has 0 aromatic heterocycles. The smallest absolute Gasteiger partial charge is 0.339 e. The number of ether oxygens (including phenoxy) is 3. The van der Waals surface area contributed by atoms with Crippen LogP contribution in [0.1, 0.15) is 55.6 Å². The van der Waals surface area contributed by atoms with Gasteiger partial charge in [0.2, 0.25) is 0 Å². The predicted molar refractivity (Wildman–Crippen MR) is 111 cm³/mol. The van der Waals surface area contributed by atoms with E-state index in [0.29, 0.717) is 12.0 Å². The van der Waals surface area contributed by atoms with Crippen LogP contribution in [0.4, 0.5) is 0 Å². The Morgan fingerprint density at radius 1 is 1.07 bits per heavy atom. The number of esters is 1. The molecule has 0 amide bonds. The van der Waals surface area contributed by atoms with Gasteiger partial charge in [0, 0.05) is 0 Å². The summed E-state index contributed by atoms with van der Waals surface area (Å²) in [4.78, 5) is 25.5. The van der Waals surface area contributed by atoms with Crippen molar-refractivity contribution in [3.8, 4) is 0 Å². The molecule has 0 bridgehead atoms. The van der Waals surface area contributed by atoms with E-state index in [4.69, 9.17) is 14.2 Å². The molecular formula is C24H30O5. The summed E-state index contributed by atoms with van der Waals surface area (Å²) < 4.78 is 17.4. The van der Waals surface area contributed by atoms with Gasteiger partial charge in [0.25, 0.3) is 0 Å². The molecule has 0 spiro atoms. The second-order valence-electron chi connectivity index (χ2n) is 8.47. The maximum Gasteiger partial charge on any atom is 0.339 e. The van der Waals surface area contributed by atoms with E-state index in [0.717, 1.165) is 11.1 Å². The molecule has 156 valence electrons. The molecule has 0 unspecified atom stereocenters. The van der Waals surface area contributed by atoms with E-state index in [2.05, 4.69) is 0 Å². The Morgan fingerprint density at radius 3 is 2.59 bits per heavy atom. The van der Waals surface area contributed by atoms with E-state index in [1.807, 2.05) is 71.0 Å². The average molecular weight is 398 g/mol. The molecule has 4 atom stereocenters. The Balaban J connectivity index is 1.97. The number of rotatable bonds is 0. The molecule has 1 aromatic rings. The number of fused-ring (bicyclic) bond motifs is 2. The van der Waals surface area contributed by atoms with Crippen LogP contribution in [-0.4, -0.2) is 36.4 Å². The van der Waals surface area contributed by atoms with Crippen LogP contribution in [0.5, 0.6) is 0 Å². The van der Waals surface area contributed by atoms with Gasteiger partial charge in [-0.15, -0.1) is 0 Å². The van der Waals surface area contributed by atoms with Crippen LogP contribution in [0.3, 0.4) is 0 Å². The number of carbonyl (C=O) groups excluding carboxylic acids is 2. The lowest BCUT2D eigenvalue weighted by molar-refractivity contribution is -0.152. The Bertz CT molecular complexity index is 836. The number of aryl methyl sites for hydroxylation is 1. The molecule has 2 aliphatic heterocycles. The SMILES string of the molecule is Cc1cccc2c1C(=O)OC[C@H](C)[C@H](C)/C=C\C(=O)[C@H]1OC(C)(C)O[C@H]1C/C=C/2. The molecule has 0 radical (unpaired) electrons. The minimum atomic E-state index is -0.810. The van der Waals surface area contributed by atoms with Gasteiger partial charge in [-0.3, -0.25) is 4.79 Å². The van der Waals surface area contributed by atoms with Gasteiger partial charge in [0.15, 0.2) is 11.6 Å². The van der Waals surface area contributed by atoms with Gasteiger partial charge in [-0.1, -0.05) is 50.3 Å². The van der Waals surface area contributed by atoms with Crippen molar-refractivity contribution in [2.75, 3.05) is 6.61 Å². The number of benzene rings is 1. The van der Waals surface area contributed by atoms with E-state index in [-0.39, 0.29) is 36.3 Å². The lowest BCUT2D eigenvalue weighted by Crippen LogP contribution is -2.30. The zero-order valence-electron chi connectivity index (χ0n) is 17.8. The fourth-order valence-corrected chi connectivity index (χ4v) is 3.65. The molecule has 1 aromatic carbocycles. The van der Waals surface area contributed by atoms with Crippen LogP contribution >= 0.6 is 0 Å². The van der Waals surface area contributed by atoms with Gasteiger partial charge in [0.05, 0.1) is 18.3 Å². The average Bonchev–Trinajstić information content (AvgIpc) is 2.97. The molecule has 3 rings (SSSR count). The van der Waals surface area contributed by atoms with E-state index < -0.39 is 11.9 Å². The molecule has 2 aliphatic rings. The molecule has 5 nitrogen and oxygen atoms in total. The molecule has 2 heterocycles. The second-order valence-corrected chi connectivity index (χ2v) is 8.47. The zero-order valence-corrected chi connectivity index (χ0v) is 17.8. The van der Waals surface area contributed by atoms with Crippen molar-refractivity contribution in [3.05, 3.63) is 53.1 Å². The van der Waals surface area contributed by atoms with Crippen molar-refractivity contribution in [3.63, 3.8) is 0 Å². The summed E-state index contributed by atoms with van der Waals surface area (Å²) >= 11 is 0. The van der Waals surface area contributed by atoms with Crippen molar-refractivity contribution in [1.82, 2.24) is 0 Å². The number of cyclic esters (lactones) is 1. The highest BCUT2D eigenvalue weighted by atomic mass is 16.8. The van der Waals surface area contributed by atoms with E-state index >= 15 is 0 Å². The lowest BCUT2D eigenvalue weighted by Gasteiger charge is -2.18. The highest BCUT2D eigenvalue weighted by Gasteiger charge is 2.43. The molecular weight excluding hydrogens is 368 g/mol. The summed E-state index contributed by atoms with van der Waals surface area (Å²) in [5.74, 6) is -1.09. The van der Waals surface area contributed by atoms with Gasteiger partial charge in [-0.05, 0) is 56.2 Å². The summed E-state index contributed by atoms with van der Waals surface area (Å²) in [6.07, 6.45) is 6.73. The number of hydrogen-bond acceptors (Lipinski definition) is 5. The first-order valence-electron chi connectivity index (χ1n) is 10.2. The first kappa shape index (κ1) is 21.5. The van der Waals surface area contributed by atoms with Gasteiger partial charge >= 0.3 is 5.97 Å². The highest BCUT2D eigenvalue weighted by molar-refractivity contribution is 5.95. The van der Waals surface area contributed by atoms with Crippen LogP contribution in [0.2, 0.25) is 0 Å². The topological polar surface area (TPSA) is 61.8 Å². The fourth-order valence-electron chi connectivity index (χ4n) is 3.65. The molecule has 0 aliphatic carbocycles. The van der Waals surface area contributed by atoms with Crippen molar-refractivity contribution >= 4 is 17.8 Å². The van der Waals surface area contributed by atoms with Crippen LogP contribution < -0.4 is 0 Å². The van der Waals surface area contributed by atoms with Crippen molar-refractivity contribution < 1.29 is 23.8 Å². The summed E-state index contributed by atoms with van der Waals surface area (Å²) in [5.41, 5.74) is 2.24. The van der Waals surface area contributed by atoms with Gasteiger partial charge in [0.1, 0.15) is 6.10 Å². The van der Waals surface area contributed by atoms with Crippen molar-refractivity contribution in [1.29, 1.82) is 0 Å². The third-order valence-corrected chi connectivity index (χ3v) is 5.58. The van der Waals surface area contributed by atoms with Crippen LogP contribution in [0.25, 0.3) is 6.08 Å². The number of ketones is 1. The molecule has 0 saturated carbocycles. The Labute approximate surface area is 172 Å². The van der Waals surface area contributed by atoms with Gasteiger partial charge < -0.3 is 14.2 Å². The summed E-state index contributed by atoms with van der Waals surface area (Å²) in [5, 5.41) is 0. The van der Waals surface area contributed by atoms with E-state index in [1.54, 1.807) is 6.08 Å². The molecule has 0 N–H and O–H groups in total. The first-order valence-corrected chi connectivity index (χ1v) is 10.2. The third kappa shape index (κ3) is 5.03. The summed E-state index contributed by atoms with van der Waals surface area (Å²) in [6, 6.07) is 5.71. The quantitative estimate of drug-likeness (QED) is 0.603.